The van der Waals surface area contributed by atoms with Gasteiger partial charge in [-0.2, -0.15) is 5.26 Å². The Morgan fingerprint density at radius 3 is 2.72 bits per heavy atom. The Morgan fingerprint density at radius 2 is 1.94 bits per heavy atom. The van der Waals surface area contributed by atoms with Crippen molar-refractivity contribution in [3.8, 4) is 6.07 Å². The third-order valence-electron chi connectivity index (χ3n) is 2.37. The molecule has 0 saturated carbocycles. The van der Waals surface area contributed by atoms with Crippen LogP contribution in [0.5, 0.6) is 0 Å². The summed E-state index contributed by atoms with van der Waals surface area (Å²) in [5.41, 5.74) is 2.53. The zero-order valence-corrected chi connectivity index (χ0v) is 9.78. The highest BCUT2D eigenvalue weighted by Crippen LogP contribution is 2.03. The van der Waals surface area contributed by atoms with Gasteiger partial charge in [0, 0.05) is 0 Å². The number of hydrogen-bond donors (Lipinski definition) is 0. The predicted octanol–water partition coefficient (Wildman–Crippen LogP) is 3.11. The summed E-state index contributed by atoms with van der Waals surface area (Å²) in [5.74, 6) is 0. The number of benzene rings is 2. The minimum absolute atomic E-state index is 0.440. The molecular weight excluding hydrogens is 224 g/mol. The number of rotatable bonds is 4. The second-order valence-corrected chi connectivity index (χ2v) is 3.73. The van der Waals surface area contributed by atoms with E-state index < -0.39 is 0 Å². The van der Waals surface area contributed by atoms with E-state index in [4.69, 9.17) is 10.1 Å². The molecule has 0 bridgehead atoms. The molecule has 0 atom stereocenters. The van der Waals surface area contributed by atoms with Gasteiger partial charge in [-0.15, -0.1) is 0 Å². The molecule has 0 radical (unpaired) electrons. The summed E-state index contributed by atoms with van der Waals surface area (Å²) in [7, 11) is 0. The van der Waals surface area contributed by atoms with Crippen LogP contribution < -0.4 is 0 Å². The van der Waals surface area contributed by atoms with Crippen molar-refractivity contribution in [2.45, 2.75) is 6.61 Å². The second-order valence-electron chi connectivity index (χ2n) is 3.73. The molecule has 0 aliphatic rings. The van der Waals surface area contributed by atoms with Crippen molar-refractivity contribution in [3.05, 3.63) is 71.3 Å². The summed E-state index contributed by atoms with van der Waals surface area (Å²) >= 11 is 0. The Kier molecular flexibility index (Phi) is 4.10. The van der Waals surface area contributed by atoms with Crippen molar-refractivity contribution in [3.63, 3.8) is 0 Å². The minimum Gasteiger partial charge on any atom is -0.391 e. The van der Waals surface area contributed by atoms with Gasteiger partial charge in [-0.05, 0) is 23.3 Å². The normalized spacial score (nSPS) is 10.2. The maximum atomic E-state index is 8.76. The molecular formula is C15H12N2O. The number of hydrogen-bond acceptors (Lipinski definition) is 3. The SMILES string of the molecule is N#Cc1cccc(C=NOCc2ccccc2)c1. The molecule has 0 heterocycles. The molecule has 0 aliphatic heterocycles. The highest BCUT2D eigenvalue weighted by atomic mass is 16.6. The molecule has 2 aromatic carbocycles. The lowest BCUT2D eigenvalue weighted by Gasteiger charge is -1.98. The highest BCUT2D eigenvalue weighted by Gasteiger charge is 1.92. The van der Waals surface area contributed by atoms with Crippen LogP contribution in [-0.2, 0) is 11.4 Å². The zero-order valence-electron chi connectivity index (χ0n) is 9.78. The van der Waals surface area contributed by atoms with Crippen molar-refractivity contribution in [2.24, 2.45) is 5.16 Å². The largest absolute Gasteiger partial charge is 0.391 e. The Balaban J connectivity index is 1.90. The summed E-state index contributed by atoms with van der Waals surface area (Å²) in [6.45, 7) is 0.440. The molecule has 3 heteroatoms. The first-order chi connectivity index (χ1) is 8.88. The average Bonchev–Trinajstić information content (AvgIpc) is 2.45. The quantitative estimate of drug-likeness (QED) is 0.604. The second kappa shape index (κ2) is 6.21. The van der Waals surface area contributed by atoms with Crippen molar-refractivity contribution >= 4 is 6.21 Å². The monoisotopic (exact) mass is 236 g/mol. The molecule has 0 saturated heterocycles. The summed E-state index contributed by atoms with van der Waals surface area (Å²) < 4.78 is 0. The Labute approximate surface area is 106 Å². The molecule has 0 amide bonds. The van der Waals surface area contributed by atoms with E-state index in [1.54, 1.807) is 18.3 Å². The summed E-state index contributed by atoms with van der Waals surface area (Å²) in [6.07, 6.45) is 1.60. The van der Waals surface area contributed by atoms with Crippen LogP contribution in [0.4, 0.5) is 0 Å². The maximum Gasteiger partial charge on any atom is 0.142 e. The Morgan fingerprint density at radius 1 is 1.11 bits per heavy atom. The zero-order chi connectivity index (χ0) is 12.6. The van der Waals surface area contributed by atoms with Crippen LogP contribution in [0.1, 0.15) is 16.7 Å². The van der Waals surface area contributed by atoms with E-state index in [9.17, 15) is 0 Å². The maximum absolute atomic E-state index is 8.76. The van der Waals surface area contributed by atoms with Gasteiger partial charge in [-0.1, -0.05) is 47.6 Å². The standard InChI is InChI=1S/C15H12N2O/c16-10-14-7-4-8-15(9-14)11-17-18-12-13-5-2-1-3-6-13/h1-9,11H,12H2. The van der Waals surface area contributed by atoms with E-state index in [1.807, 2.05) is 42.5 Å². The number of oxime groups is 1. The van der Waals surface area contributed by atoms with Crippen LogP contribution in [0.2, 0.25) is 0 Å². The van der Waals surface area contributed by atoms with E-state index in [0.717, 1.165) is 11.1 Å². The first-order valence-electron chi connectivity index (χ1n) is 5.58. The minimum atomic E-state index is 0.440. The van der Waals surface area contributed by atoms with Gasteiger partial charge in [-0.3, -0.25) is 0 Å². The van der Waals surface area contributed by atoms with Gasteiger partial charge in [0.2, 0.25) is 0 Å². The molecule has 0 aromatic heterocycles. The van der Waals surface area contributed by atoms with E-state index in [0.29, 0.717) is 12.2 Å². The molecule has 88 valence electrons. The van der Waals surface area contributed by atoms with E-state index in [1.165, 1.54) is 0 Å². The van der Waals surface area contributed by atoms with Gasteiger partial charge >= 0.3 is 0 Å². The molecule has 0 N–H and O–H groups in total. The van der Waals surface area contributed by atoms with Crippen LogP contribution in [-0.4, -0.2) is 6.21 Å². The molecule has 18 heavy (non-hydrogen) atoms. The Bertz CT molecular complexity index is 571. The predicted molar refractivity (Wildman–Crippen MR) is 70.0 cm³/mol. The topological polar surface area (TPSA) is 45.4 Å². The smallest absolute Gasteiger partial charge is 0.142 e. The van der Waals surface area contributed by atoms with Gasteiger partial charge in [0.15, 0.2) is 0 Å². The third kappa shape index (κ3) is 3.46. The van der Waals surface area contributed by atoms with Crippen molar-refractivity contribution in [1.82, 2.24) is 0 Å². The van der Waals surface area contributed by atoms with Crippen LogP contribution in [0, 0.1) is 11.3 Å². The fourth-order valence-corrected chi connectivity index (χ4v) is 1.47. The third-order valence-corrected chi connectivity index (χ3v) is 2.37. The summed E-state index contributed by atoms with van der Waals surface area (Å²) in [4.78, 5) is 5.18. The van der Waals surface area contributed by atoms with Crippen LogP contribution in [0.15, 0.2) is 59.8 Å². The van der Waals surface area contributed by atoms with Crippen LogP contribution >= 0.6 is 0 Å². The first-order valence-corrected chi connectivity index (χ1v) is 5.58. The average molecular weight is 236 g/mol. The van der Waals surface area contributed by atoms with Crippen LogP contribution in [0.25, 0.3) is 0 Å². The van der Waals surface area contributed by atoms with Gasteiger partial charge < -0.3 is 4.84 Å². The molecule has 2 aromatic rings. The van der Waals surface area contributed by atoms with E-state index in [2.05, 4.69) is 11.2 Å². The molecule has 3 nitrogen and oxygen atoms in total. The van der Waals surface area contributed by atoms with Gasteiger partial charge in [0.05, 0.1) is 17.8 Å². The fourth-order valence-electron chi connectivity index (χ4n) is 1.47. The lowest BCUT2D eigenvalue weighted by atomic mass is 10.1. The van der Waals surface area contributed by atoms with Crippen molar-refractivity contribution in [2.75, 3.05) is 0 Å². The van der Waals surface area contributed by atoms with Crippen molar-refractivity contribution in [1.29, 1.82) is 5.26 Å². The lowest BCUT2D eigenvalue weighted by molar-refractivity contribution is 0.132. The molecule has 0 aliphatic carbocycles. The first kappa shape index (κ1) is 11.9. The van der Waals surface area contributed by atoms with E-state index in [-0.39, 0.29) is 0 Å². The van der Waals surface area contributed by atoms with Gasteiger partial charge in [0.25, 0.3) is 0 Å². The molecule has 0 fully saturated rings. The van der Waals surface area contributed by atoms with Gasteiger partial charge in [-0.25, -0.2) is 0 Å². The number of nitriles is 1. The Hall–Kier alpha value is -2.60. The van der Waals surface area contributed by atoms with Gasteiger partial charge in [0.1, 0.15) is 6.61 Å². The molecule has 2 rings (SSSR count). The highest BCUT2D eigenvalue weighted by molar-refractivity contribution is 5.79. The molecule has 0 unspecified atom stereocenters. The lowest BCUT2D eigenvalue weighted by Crippen LogP contribution is -1.88. The van der Waals surface area contributed by atoms with Crippen molar-refractivity contribution < 1.29 is 4.84 Å². The van der Waals surface area contributed by atoms with Crippen LogP contribution in [0.3, 0.4) is 0 Å². The number of nitrogens with zero attached hydrogens (tertiary/aromatic N) is 2. The summed E-state index contributed by atoms with van der Waals surface area (Å²) in [5, 5.41) is 12.6. The van der Waals surface area contributed by atoms with E-state index >= 15 is 0 Å². The fraction of sp³-hybridized carbons (Fsp3) is 0.0667. The molecule has 0 spiro atoms. The summed E-state index contributed by atoms with van der Waals surface area (Å²) in [6, 6.07) is 19.1.